The molecule has 3 unspecified atom stereocenters. The number of hydrogen-bond acceptors (Lipinski definition) is 4. The Kier molecular flexibility index (Phi) is 6.03. The summed E-state index contributed by atoms with van der Waals surface area (Å²) in [6, 6.07) is 0.395. The molecule has 3 N–H and O–H groups in total. The molecule has 0 aromatic rings. The minimum absolute atomic E-state index is 0. The Balaban J connectivity index is 0.00000180. The van der Waals surface area contributed by atoms with Crippen molar-refractivity contribution in [2.45, 2.75) is 44.3 Å². The molecule has 6 nitrogen and oxygen atoms in total. The first kappa shape index (κ1) is 16.2. The van der Waals surface area contributed by atoms with E-state index in [0.29, 0.717) is 12.1 Å². The number of carbonyl (C=O) groups excluding carboxylic acids is 2. The molecule has 0 radical (unpaired) electrons. The largest absolute Gasteiger partial charge is 0.341 e. The predicted molar refractivity (Wildman–Crippen MR) is 75.4 cm³/mol. The van der Waals surface area contributed by atoms with Crippen LogP contribution in [0.25, 0.3) is 0 Å². The van der Waals surface area contributed by atoms with E-state index in [1.807, 2.05) is 6.92 Å². The second-order valence-corrected chi connectivity index (χ2v) is 5.17. The molecule has 2 heterocycles. The molecule has 2 aliphatic heterocycles. The van der Waals surface area contributed by atoms with Crippen LogP contribution < -0.4 is 16.0 Å². The van der Waals surface area contributed by atoms with E-state index in [4.69, 9.17) is 0 Å². The summed E-state index contributed by atoms with van der Waals surface area (Å²) in [7, 11) is 1.50. The van der Waals surface area contributed by atoms with Gasteiger partial charge in [0, 0.05) is 32.2 Å². The number of carbonyl (C=O) groups is 2. The van der Waals surface area contributed by atoms with Gasteiger partial charge in [-0.1, -0.05) is 0 Å². The highest BCUT2D eigenvalue weighted by atomic mass is 35.5. The summed E-state index contributed by atoms with van der Waals surface area (Å²) in [4.78, 5) is 25.2. The quantitative estimate of drug-likeness (QED) is 0.673. The van der Waals surface area contributed by atoms with Crippen LogP contribution in [0.5, 0.6) is 0 Å². The standard InChI is InChI=1S/C12H22N4O2.ClH/c1-8(11(17)15-12(18)13-2)16-6-5-9-3-4-10(7-16)14-9;/h8-10,14H,3-7H2,1-2H3,(H2,13,15,17,18);1H. The lowest BCUT2D eigenvalue weighted by atomic mass is 10.1. The molecule has 0 aliphatic carbocycles. The number of urea groups is 1. The van der Waals surface area contributed by atoms with Crippen molar-refractivity contribution in [2.24, 2.45) is 0 Å². The van der Waals surface area contributed by atoms with E-state index in [1.165, 1.54) is 19.9 Å². The van der Waals surface area contributed by atoms with Crippen molar-refractivity contribution in [3.05, 3.63) is 0 Å². The molecule has 2 bridgehead atoms. The predicted octanol–water partition coefficient (Wildman–Crippen LogP) is 0.0786. The molecular weight excluding hydrogens is 268 g/mol. The van der Waals surface area contributed by atoms with Crippen molar-refractivity contribution < 1.29 is 9.59 Å². The van der Waals surface area contributed by atoms with Gasteiger partial charge in [-0.15, -0.1) is 12.4 Å². The molecule has 2 fully saturated rings. The number of likely N-dealkylation sites (tertiary alicyclic amines) is 1. The normalized spacial score (nSPS) is 27.9. The molecule has 19 heavy (non-hydrogen) atoms. The Bertz CT molecular complexity index is 340. The number of nitrogens with one attached hydrogen (secondary N) is 3. The number of imide groups is 1. The molecule has 2 saturated heterocycles. The van der Waals surface area contributed by atoms with Crippen molar-refractivity contribution in [1.82, 2.24) is 20.9 Å². The van der Waals surface area contributed by atoms with E-state index in [9.17, 15) is 9.59 Å². The lowest BCUT2D eigenvalue weighted by Crippen LogP contribution is -2.51. The number of hydrogen-bond donors (Lipinski definition) is 3. The number of amides is 3. The van der Waals surface area contributed by atoms with Gasteiger partial charge in [-0.3, -0.25) is 15.0 Å². The maximum Gasteiger partial charge on any atom is 0.321 e. The molecule has 3 amide bonds. The number of halogens is 1. The van der Waals surface area contributed by atoms with E-state index < -0.39 is 6.03 Å². The lowest BCUT2D eigenvalue weighted by molar-refractivity contribution is -0.124. The third kappa shape index (κ3) is 4.06. The lowest BCUT2D eigenvalue weighted by Gasteiger charge is -2.29. The molecule has 0 spiro atoms. The maximum absolute atomic E-state index is 11.9. The van der Waals surface area contributed by atoms with E-state index in [-0.39, 0.29) is 24.4 Å². The highest BCUT2D eigenvalue weighted by Crippen LogP contribution is 2.21. The van der Waals surface area contributed by atoms with Gasteiger partial charge in [0.2, 0.25) is 5.91 Å². The van der Waals surface area contributed by atoms with E-state index in [2.05, 4.69) is 20.9 Å². The van der Waals surface area contributed by atoms with Crippen LogP contribution in [0.3, 0.4) is 0 Å². The zero-order valence-electron chi connectivity index (χ0n) is 11.4. The van der Waals surface area contributed by atoms with Crippen molar-refractivity contribution in [3.63, 3.8) is 0 Å². The van der Waals surface area contributed by atoms with Crippen LogP contribution >= 0.6 is 12.4 Å². The van der Waals surface area contributed by atoms with Gasteiger partial charge in [0.05, 0.1) is 6.04 Å². The molecule has 3 atom stereocenters. The van der Waals surface area contributed by atoms with Crippen molar-refractivity contribution in [1.29, 1.82) is 0 Å². The number of nitrogens with zero attached hydrogens (tertiary/aromatic N) is 1. The van der Waals surface area contributed by atoms with E-state index in [0.717, 1.165) is 19.5 Å². The SMILES string of the molecule is CNC(=O)NC(=O)C(C)N1CCC2CCC(C1)N2.Cl. The van der Waals surface area contributed by atoms with Crippen LogP contribution in [-0.4, -0.2) is 55.1 Å². The summed E-state index contributed by atoms with van der Waals surface area (Å²) >= 11 is 0. The van der Waals surface area contributed by atoms with Crippen LogP contribution in [-0.2, 0) is 4.79 Å². The average molecular weight is 291 g/mol. The first-order chi connectivity index (χ1) is 8.60. The Hall–Kier alpha value is -0.850. The topological polar surface area (TPSA) is 73.5 Å². The summed E-state index contributed by atoms with van der Waals surface area (Å²) in [6.07, 6.45) is 3.51. The van der Waals surface area contributed by atoms with Gasteiger partial charge in [0.15, 0.2) is 0 Å². The highest BCUT2D eigenvalue weighted by Gasteiger charge is 2.33. The fraction of sp³-hybridized carbons (Fsp3) is 0.833. The monoisotopic (exact) mass is 290 g/mol. The van der Waals surface area contributed by atoms with Gasteiger partial charge >= 0.3 is 6.03 Å². The van der Waals surface area contributed by atoms with Crippen molar-refractivity contribution >= 4 is 24.3 Å². The van der Waals surface area contributed by atoms with Crippen LogP contribution in [0.4, 0.5) is 4.79 Å². The van der Waals surface area contributed by atoms with Crippen LogP contribution in [0.1, 0.15) is 26.2 Å². The summed E-state index contributed by atoms with van der Waals surface area (Å²) in [5.41, 5.74) is 0. The van der Waals surface area contributed by atoms with E-state index >= 15 is 0 Å². The third-order valence-corrected chi connectivity index (χ3v) is 3.95. The Morgan fingerprint density at radius 1 is 1.26 bits per heavy atom. The number of rotatable bonds is 2. The minimum Gasteiger partial charge on any atom is -0.341 e. The van der Waals surface area contributed by atoms with Crippen molar-refractivity contribution in [2.75, 3.05) is 20.1 Å². The fourth-order valence-electron chi connectivity index (χ4n) is 2.77. The second-order valence-electron chi connectivity index (χ2n) is 5.17. The Morgan fingerprint density at radius 3 is 2.63 bits per heavy atom. The first-order valence-corrected chi connectivity index (χ1v) is 6.63. The zero-order chi connectivity index (χ0) is 13.1. The van der Waals surface area contributed by atoms with Gasteiger partial charge < -0.3 is 10.6 Å². The zero-order valence-corrected chi connectivity index (χ0v) is 12.3. The Morgan fingerprint density at radius 2 is 1.95 bits per heavy atom. The second kappa shape index (κ2) is 7.07. The highest BCUT2D eigenvalue weighted by molar-refractivity contribution is 5.96. The molecule has 7 heteroatoms. The summed E-state index contributed by atoms with van der Waals surface area (Å²) in [6.45, 7) is 3.66. The molecule has 0 saturated carbocycles. The van der Waals surface area contributed by atoms with Gasteiger partial charge in [0.1, 0.15) is 0 Å². The van der Waals surface area contributed by atoms with Gasteiger partial charge in [-0.25, -0.2) is 4.79 Å². The first-order valence-electron chi connectivity index (χ1n) is 6.63. The average Bonchev–Trinajstić information content (AvgIpc) is 2.68. The molecule has 2 aliphatic rings. The molecule has 2 rings (SSSR count). The molecule has 0 aromatic carbocycles. The maximum atomic E-state index is 11.9. The van der Waals surface area contributed by atoms with Crippen LogP contribution in [0.15, 0.2) is 0 Å². The van der Waals surface area contributed by atoms with Crippen LogP contribution in [0, 0.1) is 0 Å². The third-order valence-electron chi connectivity index (χ3n) is 3.95. The summed E-state index contributed by atoms with van der Waals surface area (Å²) in [5, 5.41) is 8.31. The van der Waals surface area contributed by atoms with Gasteiger partial charge in [0.25, 0.3) is 0 Å². The number of fused-ring (bicyclic) bond motifs is 2. The van der Waals surface area contributed by atoms with Crippen molar-refractivity contribution in [3.8, 4) is 0 Å². The smallest absolute Gasteiger partial charge is 0.321 e. The molecule has 110 valence electrons. The van der Waals surface area contributed by atoms with Gasteiger partial charge in [-0.2, -0.15) is 0 Å². The minimum atomic E-state index is -0.443. The molecule has 0 aromatic heterocycles. The van der Waals surface area contributed by atoms with Crippen LogP contribution in [0.2, 0.25) is 0 Å². The van der Waals surface area contributed by atoms with Gasteiger partial charge in [-0.05, 0) is 26.2 Å². The summed E-state index contributed by atoms with van der Waals surface area (Å²) < 4.78 is 0. The fourth-order valence-corrected chi connectivity index (χ4v) is 2.77. The Labute approximate surface area is 120 Å². The summed E-state index contributed by atoms with van der Waals surface area (Å²) in [5.74, 6) is -0.230. The van der Waals surface area contributed by atoms with E-state index in [1.54, 1.807) is 0 Å². The molecular formula is C12H23ClN4O2.